The molecule has 0 aliphatic rings. The van der Waals surface area contributed by atoms with Crippen molar-refractivity contribution < 1.29 is 5.11 Å². The second kappa shape index (κ2) is 3.46. The molecule has 0 fully saturated rings. The highest BCUT2D eigenvalue weighted by Crippen LogP contribution is 2.16. The summed E-state index contributed by atoms with van der Waals surface area (Å²) in [4.78, 5) is 4.13. The van der Waals surface area contributed by atoms with Gasteiger partial charge in [-0.25, -0.2) is 4.98 Å². The number of rotatable bonds is 2. The molecule has 0 saturated carbocycles. The molecule has 1 aromatic heterocycles. The van der Waals surface area contributed by atoms with Crippen LogP contribution in [-0.2, 0) is 6.42 Å². The summed E-state index contributed by atoms with van der Waals surface area (Å²) in [6.07, 6.45) is 0.344. The average molecular weight is 222 g/mol. The number of hydrogen-bond donors (Lipinski definition) is 1. The van der Waals surface area contributed by atoms with Gasteiger partial charge in [-0.2, -0.15) is 0 Å². The van der Waals surface area contributed by atoms with Crippen molar-refractivity contribution in [2.75, 3.05) is 0 Å². The SMILES string of the molecule is C[C@@H](O)Cc1csc(Br)n1. The van der Waals surface area contributed by atoms with Gasteiger partial charge in [0, 0.05) is 11.8 Å². The topological polar surface area (TPSA) is 33.1 Å². The molecule has 0 saturated heterocycles. The van der Waals surface area contributed by atoms with Crippen LogP contribution in [0.5, 0.6) is 0 Å². The minimum atomic E-state index is -0.297. The lowest BCUT2D eigenvalue weighted by Gasteiger charge is -1.97. The molecular weight excluding hydrogens is 214 g/mol. The quantitative estimate of drug-likeness (QED) is 0.827. The lowest BCUT2D eigenvalue weighted by molar-refractivity contribution is 0.194. The van der Waals surface area contributed by atoms with Crippen LogP contribution in [0.15, 0.2) is 9.30 Å². The van der Waals surface area contributed by atoms with E-state index in [2.05, 4.69) is 20.9 Å². The van der Waals surface area contributed by atoms with Crippen LogP contribution in [-0.4, -0.2) is 16.2 Å². The molecule has 1 heterocycles. The predicted octanol–water partition coefficient (Wildman–Crippen LogP) is 1.83. The van der Waals surface area contributed by atoms with E-state index in [0.717, 1.165) is 9.61 Å². The molecule has 0 aliphatic heterocycles. The molecule has 1 rings (SSSR count). The Bertz CT molecular complexity index is 211. The van der Waals surface area contributed by atoms with Crippen LogP contribution in [0.2, 0.25) is 0 Å². The Kier molecular flexibility index (Phi) is 2.82. The van der Waals surface area contributed by atoms with E-state index < -0.39 is 0 Å². The summed E-state index contributed by atoms with van der Waals surface area (Å²) in [5.74, 6) is 0. The zero-order valence-electron chi connectivity index (χ0n) is 5.54. The molecule has 0 aromatic carbocycles. The summed E-state index contributed by atoms with van der Waals surface area (Å²) in [5.41, 5.74) is 0.951. The van der Waals surface area contributed by atoms with Crippen LogP contribution < -0.4 is 0 Å². The minimum absolute atomic E-state index is 0.297. The van der Waals surface area contributed by atoms with Crippen molar-refractivity contribution in [1.82, 2.24) is 4.98 Å². The summed E-state index contributed by atoms with van der Waals surface area (Å²) in [6.45, 7) is 1.76. The molecule has 1 aromatic rings. The summed E-state index contributed by atoms with van der Waals surface area (Å²) >= 11 is 4.79. The first-order valence-corrected chi connectivity index (χ1v) is 4.63. The fourth-order valence-electron chi connectivity index (χ4n) is 0.679. The predicted molar refractivity (Wildman–Crippen MR) is 45.2 cm³/mol. The third kappa shape index (κ3) is 2.36. The molecule has 0 unspecified atom stereocenters. The summed E-state index contributed by atoms with van der Waals surface area (Å²) in [5, 5.41) is 10.9. The Labute approximate surface area is 72.0 Å². The molecule has 1 atom stereocenters. The Morgan fingerprint density at radius 2 is 2.60 bits per heavy atom. The maximum atomic E-state index is 8.96. The van der Waals surface area contributed by atoms with Crippen molar-refractivity contribution in [1.29, 1.82) is 0 Å². The summed E-state index contributed by atoms with van der Waals surface area (Å²) < 4.78 is 0.878. The lowest BCUT2D eigenvalue weighted by Crippen LogP contribution is -2.03. The molecule has 4 heteroatoms. The van der Waals surface area contributed by atoms with E-state index in [1.54, 1.807) is 18.3 Å². The van der Waals surface area contributed by atoms with Crippen molar-refractivity contribution in [3.05, 3.63) is 15.0 Å². The van der Waals surface area contributed by atoms with Crippen molar-refractivity contribution in [2.45, 2.75) is 19.4 Å². The Morgan fingerprint density at radius 3 is 3.00 bits per heavy atom. The number of halogens is 1. The van der Waals surface area contributed by atoms with Crippen LogP contribution >= 0.6 is 27.3 Å². The van der Waals surface area contributed by atoms with Gasteiger partial charge in [-0.1, -0.05) is 0 Å². The third-order valence-electron chi connectivity index (χ3n) is 1.03. The molecule has 0 amide bonds. The van der Waals surface area contributed by atoms with E-state index in [1.165, 1.54) is 0 Å². The molecule has 0 aliphatic carbocycles. The number of nitrogens with zero attached hydrogens (tertiary/aromatic N) is 1. The number of aromatic nitrogens is 1. The van der Waals surface area contributed by atoms with Gasteiger partial charge in [-0.15, -0.1) is 11.3 Å². The number of aliphatic hydroxyl groups is 1. The van der Waals surface area contributed by atoms with Gasteiger partial charge in [-0.3, -0.25) is 0 Å². The second-order valence-corrected chi connectivity index (χ2v) is 4.28. The monoisotopic (exact) mass is 221 g/mol. The van der Waals surface area contributed by atoms with E-state index in [0.29, 0.717) is 6.42 Å². The van der Waals surface area contributed by atoms with Crippen molar-refractivity contribution in [3.63, 3.8) is 0 Å². The Balaban J connectivity index is 2.58. The van der Waals surface area contributed by atoms with E-state index in [9.17, 15) is 0 Å². The maximum absolute atomic E-state index is 8.96. The van der Waals surface area contributed by atoms with Crippen molar-refractivity contribution >= 4 is 27.3 Å². The number of hydrogen-bond acceptors (Lipinski definition) is 3. The highest BCUT2D eigenvalue weighted by molar-refractivity contribution is 9.11. The molecule has 56 valence electrons. The second-order valence-electron chi connectivity index (χ2n) is 2.14. The summed E-state index contributed by atoms with van der Waals surface area (Å²) in [6, 6.07) is 0. The fourth-order valence-corrected chi connectivity index (χ4v) is 1.74. The highest BCUT2D eigenvalue weighted by atomic mass is 79.9. The molecule has 0 radical (unpaired) electrons. The molecule has 0 spiro atoms. The van der Waals surface area contributed by atoms with Crippen LogP contribution in [0.4, 0.5) is 0 Å². The van der Waals surface area contributed by atoms with Crippen LogP contribution in [0, 0.1) is 0 Å². The van der Waals surface area contributed by atoms with Gasteiger partial charge >= 0.3 is 0 Å². The van der Waals surface area contributed by atoms with Crippen LogP contribution in [0.3, 0.4) is 0 Å². The lowest BCUT2D eigenvalue weighted by atomic mass is 10.2. The maximum Gasteiger partial charge on any atom is 0.159 e. The van der Waals surface area contributed by atoms with E-state index >= 15 is 0 Å². The molecule has 10 heavy (non-hydrogen) atoms. The van der Waals surface area contributed by atoms with Gasteiger partial charge in [0.15, 0.2) is 3.92 Å². The largest absolute Gasteiger partial charge is 0.393 e. The van der Waals surface area contributed by atoms with E-state index in [-0.39, 0.29) is 6.10 Å². The van der Waals surface area contributed by atoms with Crippen molar-refractivity contribution in [2.24, 2.45) is 0 Å². The van der Waals surface area contributed by atoms with Gasteiger partial charge in [0.05, 0.1) is 11.8 Å². The zero-order valence-corrected chi connectivity index (χ0v) is 7.94. The first-order chi connectivity index (χ1) is 4.68. The van der Waals surface area contributed by atoms with Gasteiger partial charge in [0.2, 0.25) is 0 Å². The van der Waals surface area contributed by atoms with E-state index in [4.69, 9.17) is 5.11 Å². The molecule has 2 nitrogen and oxygen atoms in total. The molecule has 1 N–H and O–H groups in total. The Morgan fingerprint density at radius 1 is 1.90 bits per heavy atom. The number of thiazole rings is 1. The average Bonchev–Trinajstić information content (AvgIpc) is 2.13. The summed E-state index contributed by atoms with van der Waals surface area (Å²) in [7, 11) is 0. The third-order valence-corrected chi connectivity index (χ3v) is 2.44. The van der Waals surface area contributed by atoms with E-state index in [1.807, 2.05) is 5.38 Å². The first-order valence-electron chi connectivity index (χ1n) is 2.96. The van der Waals surface area contributed by atoms with Crippen molar-refractivity contribution in [3.8, 4) is 0 Å². The Hall–Kier alpha value is 0.0700. The smallest absolute Gasteiger partial charge is 0.159 e. The minimum Gasteiger partial charge on any atom is -0.393 e. The van der Waals surface area contributed by atoms with Gasteiger partial charge in [-0.05, 0) is 22.9 Å². The molecule has 0 bridgehead atoms. The van der Waals surface area contributed by atoms with Gasteiger partial charge in [0.1, 0.15) is 0 Å². The standard InChI is InChI=1S/C6H8BrNOS/c1-4(9)2-5-3-10-6(7)8-5/h3-4,9H,2H2,1H3/t4-/m1/s1. The fraction of sp³-hybridized carbons (Fsp3) is 0.500. The van der Waals surface area contributed by atoms with Gasteiger partial charge in [0.25, 0.3) is 0 Å². The van der Waals surface area contributed by atoms with Crippen LogP contribution in [0.25, 0.3) is 0 Å². The zero-order chi connectivity index (χ0) is 7.56. The highest BCUT2D eigenvalue weighted by Gasteiger charge is 2.01. The normalized spacial score (nSPS) is 13.5. The van der Waals surface area contributed by atoms with Gasteiger partial charge < -0.3 is 5.11 Å². The van der Waals surface area contributed by atoms with Crippen LogP contribution in [0.1, 0.15) is 12.6 Å². The molecular formula is C6H8BrNOS. The first kappa shape index (κ1) is 8.17. The number of aliphatic hydroxyl groups excluding tert-OH is 1.